The van der Waals surface area contributed by atoms with Gasteiger partial charge in [0.05, 0.1) is 7.11 Å². The number of nitrogens with two attached hydrogens (primary N) is 1. The van der Waals surface area contributed by atoms with Crippen LogP contribution in [0.15, 0.2) is 29.3 Å². The lowest BCUT2D eigenvalue weighted by molar-refractivity contribution is 0.371. The van der Waals surface area contributed by atoms with Crippen LogP contribution < -0.4 is 5.73 Å². The summed E-state index contributed by atoms with van der Waals surface area (Å²) in [5.74, 6) is 0.606. The lowest BCUT2D eigenvalue weighted by Gasteiger charge is -2.07. The lowest BCUT2D eigenvalue weighted by Crippen LogP contribution is -1.90. The van der Waals surface area contributed by atoms with E-state index >= 15 is 0 Å². The van der Waals surface area contributed by atoms with Crippen LogP contribution >= 0.6 is 15.9 Å². The largest absolute Gasteiger partial charge is 0.497 e. The van der Waals surface area contributed by atoms with Gasteiger partial charge in [-0.3, -0.25) is 0 Å². The fraction of sp³-hybridized carbons (Fsp3) is 0.111. The van der Waals surface area contributed by atoms with Gasteiger partial charge in [-0.1, -0.05) is 22.5 Å². The summed E-state index contributed by atoms with van der Waals surface area (Å²) in [6.07, 6.45) is 0. The molecule has 0 atom stereocenters. The summed E-state index contributed by atoms with van der Waals surface area (Å²) in [6.45, 7) is 3.74. The third-order valence-electron chi connectivity index (χ3n) is 1.54. The maximum atomic E-state index is 5.60. The van der Waals surface area contributed by atoms with Crippen LogP contribution in [0.2, 0.25) is 0 Å². The first-order valence-electron chi connectivity index (χ1n) is 3.43. The Morgan fingerprint density at radius 2 is 2.25 bits per heavy atom. The highest BCUT2D eigenvalue weighted by Gasteiger charge is 2.03. The monoisotopic (exact) mass is 227 g/mol. The molecule has 0 heterocycles. The highest BCUT2D eigenvalue weighted by molar-refractivity contribution is 9.10. The van der Waals surface area contributed by atoms with Crippen molar-refractivity contribution in [1.82, 2.24) is 0 Å². The summed E-state index contributed by atoms with van der Waals surface area (Å²) in [4.78, 5) is 0. The van der Waals surface area contributed by atoms with Gasteiger partial charge in [0.15, 0.2) is 0 Å². The van der Waals surface area contributed by atoms with E-state index < -0.39 is 0 Å². The van der Waals surface area contributed by atoms with E-state index in [1.807, 2.05) is 18.2 Å². The number of ether oxygens (including phenoxy) is 1. The van der Waals surface area contributed by atoms with Gasteiger partial charge in [0.25, 0.3) is 0 Å². The van der Waals surface area contributed by atoms with Gasteiger partial charge in [-0.2, -0.15) is 0 Å². The van der Waals surface area contributed by atoms with E-state index in [1.54, 1.807) is 7.11 Å². The third kappa shape index (κ3) is 1.80. The number of halogens is 1. The second kappa shape index (κ2) is 3.63. The van der Waals surface area contributed by atoms with Crippen molar-refractivity contribution < 1.29 is 4.74 Å². The number of hydrogen-bond donors (Lipinski definition) is 1. The molecule has 0 unspecified atom stereocenters. The van der Waals surface area contributed by atoms with Gasteiger partial charge >= 0.3 is 0 Å². The summed E-state index contributed by atoms with van der Waals surface area (Å²) in [5, 5.41) is 0. The van der Waals surface area contributed by atoms with Crippen molar-refractivity contribution >= 4 is 27.4 Å². The molecule has 0 aromatic heterocycles. The first-order valence-corrected chi connectivity index (χ1v) is 4.22. The molecule has 0 aliphatic heterocycles. The molecule has 0 aliphatic carbocycles. The molecule has 1 aromatic rings. The first kappa shape index (κ1) is 9.13. The molecule has 0 radical (unpaired) electrons. The van der Waals surface area contributed by atoms with Crippen LogP contribution in [0.4, 0.5) is 5.69 Å². The number of benzene rings is 1. The molecule has 0 fully saturated rings. The van der Waals surface area contributed by atoms with Crippen molar-refractivity contribution in [1.29, 1.82) is 0 Å². The first-order chi connectivity index (χ1) is 5.65. The fourth-order valence-electron chi connectivity index (χ4n) is 0.867. The van der Waals surface area contributed by atoms with Gasteiger partial charge in [0.1, 0.15) is 5.76 Å². The molecule has 2 nitrogen and oxygen atoms in total. The van der Waals surface area contributed by atoms with E-state index in [1.165, 1.54) is 0 Å². The maximum Gasteiger partial charge on any atom is 0.120 e. The summed E-state index contributed by atoms with van der Waals surface area (Å²) < 4.78 is 5.93. The Bertz CT molecular complexity index is 309. The Kier molecular flexibility index (Phi) is 2.76. The van der Waals surface area contributed by atoms with Crippen LogP contribution in [0.3, 0.4) is 0 Å². The van der Waals surface area contributed by atoms with Crippen LogP contribution in [0.5, 0.6) is 0 Å². The standard InChI is InChI=1S/C9H10BrNO/c1-6(12-2)8-5-7(11)3-4-9(8)10/h3-5H,1,11H2,2H3. The van der Waals surface area contributed by atoms with Crippen molar-refractivity contribution in [3.63, 3.8) is 0 Å². The van der Waals surface area contributed by atoms with Crippen molar-refractivity contribution in [3.8, 4) is 0 Å². The number of nitrogen functional groups attached to an aromatic ring is 1. The minimum absolute atomic E-state index is 0.606. The quantitative estimate of drug-likeness (QED) is 0.623. The number of methoxy groups -OCH3 is 1. The molecular weight excluding hydrogens is 218 g/mol. The molecule has 1 aromatic carbocycles. The normalized spacial score (nSPS) is 9.50. The molecular formula is C9H10BrNO. The Balaban J connectivity index is 3.13. The Morgan fingerprint density at radius 3 is 2.83 bits per heavy atom. The molecule has 0 spiro atoms. The van der Waals surface area contributed by atoms with Crippen LogP contribution in [0.25, 0.3) is 5.76 Å². The van der Waals surface area contributed by atoms with Crippen molar-refractivity contribution in [2.75, 3.05) is 12.8 Å². The van der Waals surface area contributed by atoms with Crippen LogP contribution in [-0.4, -0.2) is 7.11 Å². The SMILES string of the molecule is C=C(OC)c1cc(N)ccc1Br. The maximum absolute atomic E-state index is 5.60. The number of rotatable bonds is 2. The average Bonchev–Trinajstić information content (AvgIpc) is 2.08. The van der Waals surface area contributed by atoms with Crippen molar-refractivity contribution in [3.05, 3.63) is 34.8 Å². The van der Waals surface area contributed by atoms with Crippen LogP contribution in [0.1, 0.15) is 5.56 Å². The summed E-state index contributed by atoms with van der Waals surface area (Å²) in [6, 6.07) is 5.50. The minimum Gasteiger partial charge on any atom is -0.497 e. The van der Waals surface area contributed by atoms with Crippen molar-refractivity contribution in [2.24, 2.45) is 0 Å². The topological polar surface area (TPSA) is 35.2 Å². The van der Waals surface area contributed by atoms with Crippen LogP contribution in [0, 0.1) is 0 Å². The molecule has 2 N–H and O–H groups in total. The lowest BCUT2D eigenvalue weighted by atomic mass is 10.2. The molecule has 0 saturated heterocycles. The average molecular weight is 228 g/mol. The Hall–Kier alpha value is -0.960. The zero-order valence-electron chi connectivity index (χ0n) is 6.80. The van der Waals surface area contributed by atoms with Gasteiger partial charge in [-0.15, -0.1) is 0 Å². The van der Waals surface area contributed by atoms with E-state index in [-0.39, 0.29) is 0 Å². The third-order valence-corrected chi connectivity index (χ3v) is 2.23. The molecule has 0 bridgehead atoms. The van der Waals surface area contributed by atoms with Crippen LogP contribution in [-0.2, 0) is 4.74 Å². The smallest absolute Gasteiger partial charge is 0.120 e. The summed E-state index contributed by atoms with van der Waals surface area (Å²) in [5.41, 5.74) is 7.19. The predicted octanol–water partition coefficient (Wildman–Crippen LogP) is 2.65. The van der Waals surface area contributed by atoms with E-state index in [0.29, 0.717) is 11.4 Å². The van der Waals surface area contributed by atoms with Gasteiger partial charge in [0, 0.05) is 15.7 Å². The molecule has 64 valence electrons. The molecule has 1 rings (SSSR count). The summed E-state index contributed by atoms with van der Waals surface area (Å²) in [7, 11) is 1.58. The van der Waals surface area contributed by atoms with Crippen molar-refractivity contribution in [2.45, 2.75) is 0 Å². The Morgan fingerprint density at radius 1 is 1.58 bits per heavy atom. The number of anilines is 1. The van der Waals surface area contributed by atoms with Gasteiger partial charge < -0.3 is 10.5 Å². The second-order valence-electron chi connectivity index (χ2n) is 2.37. The second-order valence-corrected chi connectivity index (χ2v) is 3.22. The number of hydrogen-bond acceptors (Lipinski definition) is 2. The van der Waals surface area contributed by atoms with E-state index in [2.05, 4.69) is 22.5 Å². The minimum atomic E-state index is 0.606. The fourth-order valence-corrected chi connectivity index (χ4v) is 1.33. The molecule has 3 heteroatoms. The predicted molar refractivity (Wildman–Crippen MR) is 54.6 cm³/mol. The molecule has 0 aliphatic rings. The highest BCUT2D eigenvalue weighted by atomic mass is 79.9. The molecule has 0 amide bonds. The Labute approximate surface area is 80.2 Å². The van der Waals surface area contributed by atoms with E-state index in [0.717, 1.165) is 10.0 Å². The van der Waals surface area contributed by atoms with Gasteiger partial charge in [-0.05, 0) is 18.2 Å². The highest BCUT2D eigenvalue weighted by Crippen LogP contribution is 2.25. The molecule has 0 saturated carbocycles. The van der Waals surface area contributed by atoms with Gasteiger partial charge in [0.2, 0.25) is 0 Å². The zero-order chi connectivity index (χ0) is 9.14. The summed E-state index contributed by atoms with van der Waals surface area (Å²) >= 11 is 3.38. The van der Waals surface area contributed by atoms with E-state index in [4.69, 9.17) is 10.5 Å². The van der Waals surface area contributed by atoms with Gasteiger partial charge in [-0.25, -0.2) is 0 Å². The molecule has 12 heavy (non-hydrogen) atoms. The van der Waals surface area contributed by atoms with E-state index in [9.17, 15) is 0 Å². The zero-order valence-corrected chi connectivity index (χ0v) is 8.39.